The van der Waals surface area contributed by atoms with Crippen molar-refractivity contribution in [2.24, 2.45) is 0 Å². The van der Waals surface area contributed by atoms with Gasteiger partial charge in [0.1, 0.15) is 11.4 Å². The Bertz CT molecular complexity index is 600. The van der Waals surface area contributed by atoms with Crippen molar-refractivity contribution in [1.82, 2.24) is 19.6 Å². The van der Waals surface area contributed by atoms with Crippen LogP contribution in [0.4, 0.5) is 0 Å². The maximum absolute atomic E-state index is 6.92. The van der Waals surface area contributed by atoms with Crippen molar-refractivity contribution >= 4 is 0 Å². The molecule has 4 rings (SSSR count). The van der Waals surface area contributed by atoms with Gasteiger partial charge in [0.25, 0.3) is 0 Å². The van der Waals surface area contributed by atoms with Crippen LogP contribution >= 0.6 is 0 Å². The Morgan fingerprint density at radius 1 is 0.600 bits per heavy atom. The molecule has 0 saturated carbocycles. The van der Waals surface area contributed by atoms with Gasteiger partial charge in [0, 0.05) is 64.4 Å². The summed E-state index contributed by atoms with van der Waals surface area (Å²) in [5.41, 5.74) is -0.806. The zero-order valence-corrected chi connectivity index (χ0v) is 23.0. The lowest BCUT2D eigenvalue weighted by Gasteiger charge is -2.52. The summed E-state index contributed by atoms with van der Waals surface area (Å²) in [6, 6.07) is 0.736. The first kappa shape index (κ1) is 27.7. The summed E-state index contributed by atoms with van der Waals surface area (Å²) in [6.07, 6.45) is 0.352. The molecule has 4 unspecified atom stereocenters. The van der Waals surface area contributed by atoms with E-state index in [1.807, 2.05) is 0 Å². The highest BCUT2D eigenvalue weighted by atomic mass is 16.6. The van der Waals surface area contributed by atoms with Crippen molar-refractivity contribution in [3.05, 3.63) is 0 Å². The topological polar surface area (TPSA) is 59.1 Å². The van der Waals surface area contributed by atoms with Crippen LogP contribution in [0.3, 0.4) is 0 Å². The molecule has 0 aromatic rings. The highest BCUT2D eigenvalue weighted by Crippen LogP contribution is 2.31. The number of rotatable bonds is 8. The normalized spacial score (nSPS) is 31.4. The summed E-state index contributed by atoms with van der Waals surface area (Å²) in [6.45, 7) is 25.6. The standard InChI is InChI=1S/C26H50N4O5/c1-21(27-7-13-31-14-8-27)23-19-29(11-17-33-23)25(3,4)35-26(5,6)30-12-18-34-24(20-30)22(2)28-9-15-32-16-10-28/h21-24H,7-20H2,1-6H3. The van der Waals surface area contributed by atoms with Gasteiger partial charge in [0.15, 0.2) is 0 Å². The first-order valence-corrected chi connectivity index (χ1v) is 13.7. The Morgan fingerprint density at radius 3 is 1.34 bits per heavy atom. The third kappa shape index (κ3) is 6.94. The maximum Gasteiger partial charge on any atom is 0.118 e. The lowest BCUT2D eigenvalue weighted by Crippen LogP contribution is -2.64. The number of morpholine rings is 4. The first-order chi connectivity index (χ1) is 16.7. The monoisotopic (exact) mass is 498 g/mol. The van der Waals surface area contributed by atoms with E-state index in [9.17, 15) is 0 Å². The molecular weight excluding hydrogens is 448 g/mol. The lowest BCUT2D eigenvalue weighted by atomic mass is 10.1. The molecule has 0 aliphatic carbocycles. The van der Waals surface area contributed by atoms with E-state index in [-0.39, 0.29) is 12.2 Å². The minimum atomic E-state index is -0.403. The molecule has 4 fully saturated rings. The molecule has 0 N–H and O–H groups in total. The molecular formula is C26H50N4O5. The predicted octanol–water partition coefficient (Wildman–Crippen LogP) is 1.32. The fraction of sp³-hybridized carbons (Fsp3) is 1.00. The number of hydrogen-bond donors (Lipinski definition) is 0. The van der Waals surface area contributed by atoms with Crippen LogP contribution in [0.25, 0.3) is 0 Å². The van der Waals surface area contributed by atoms with Crippen LogP contribution in [0.1, 0.15) is 41.5 Å². The van der Waals surface area contributed by atoms with Crippen molar-refractivity contribution in [2.45, 2.75) is 77.3 Å². The van der Waals surface area contributed by atoms with Crippen LogP contribution in [0.2, 0.25) is 0 Å². The number of ether oxygens (including phenoxy) is 5. The second-order valence-electron chi connectivity index (χ2n) is 11.5. The zero-order chi connectivity index (χ0) is 25.1. The van der Waals surface area contributed by atoms with Crippen LogP contribution in [0.5, 0.6) is 0 Å². The molecule has 4 heterocycles. The van der Waals surface area contributed by atoms with Gasteiger partial charge in [-0.1, -0.05) is 0 Å². The second-order valence-corrected chi connectivity index (χ2v) is 11.5. The van der Waals surface area contributed by atoms with E-state index in [1.54, 1.807) is 0 Å². The minimum Gasteiger partial charge on any atom is -0.379 e. The predicted molar refractivity (Wildman–Crippen MR) is 136 cm³/mol. The largest absolute Gasteiger partial charge is 0.379 e. The molecule has 4 saturated heterocycles. The molecule has 0 aromatic carbocycles. The average molecular weight is 499 g/mol. The van der Waals surface area contributed by atoms with Gasteiger partial charge >= 0.3 is 0 Å². The Labute approximate surface area is 212 Å². The molecule has 9 nitrogen and oxygen atoms in total. The van der Waals surface area contributed by atoms with E-state index in [1.165, 1.54) is 0 Å². The van der Waals surface area contributed by atoms with Gasteiger partial charge in [-0.2, -0.15) is 0 Å². The van der Waals surface area contributed by atoms with Crippen molar-refractivity contribution in [1.29, 1.82) is 0 Å². The molecule has 0 aromatic heterocycles. The van der Waals surface area contributed by atoms with E-state index >= 15 is 0 Å². The van der Waals surface area contributed by atoms with Crippen LogP contribution in [-0.2, 0) is 23.7 Å². The molecule has 4 atom stereocenters. The highest BCUT2D eigenvalue weighted by Gasteiger charge is 2.43. The second kappa shape index (κ2) is 12.0. The van der Waals surface area contributed by atoms with Crippen molar-refractivity contribution in [2.75, 3.05) is 92.0 Å². The summed E-state index contributed by atoms with van der Waals surface area (Å²) in [4.78, 5) is 9.93. The fourth-order valence-electron chi connectivity index (χ4n) is 6.09. The summed E-state index contributed by atoms with van der Waals surface area (Å²) in [5.74, 6) is 0. The SMILES string of the molecule is CC(C1CN(C(C)(C)OC(C)(C)N2CCOC(C(C)N3CCOCC3)C2)CCO1)N1CCOCC1. The van der Waals surface area contributed by atoms with E-state index in [4.69, 9.17) is 23.7 Å². The van der Waals surface area contributed by atoms with E-state index in [0.717, 1.165) is 92.0 Å². The van der Waals surface area contributed by atoms with Gasteiger partial charge < -0.3 is 23.7 Å². The third-order valence-electron chi connectivity index (χ3n) is 8.53. The summed E-state index contributed by atoms with van der Waals surface area (Å²) in [5, 5.41) is 0. The summed E-state index contributed by atoms with van der Waals surface area (Å²) < 4.78 is 30.5. The molecule has 9 heteroatoms. The molecule has 0 spiro atoms. The van der Waals surface area contributed by atoms with Crippen LogP contribution in [-0.4, -0.2) is 147 Å². The molecule has 4 aliphatic rings. The lowest BCUT2D eigenvalue weighted by molar-refractivity contribution is -0.276. The van der Waals surface area contributed by atoms with E-state index in [0.29, 0.717) is 12.1 Å². The smallest absolute Gasteiger partial charge is 0.118 e. The molecule has 35 heavy (non-hydrogen) atoms. The van der Waals surface area contributed by atoms with Gasteiger partial charge in [-0.25, -0.2) is 0 Å². The molecule has 204 valence electrons. The Hall–Kier alpha value is -0.360. The van der Waals surface area contributed by atoms with E-state index < -0.39 is 11.4 Å². The number of hydrogen-bond acceptors (Lipinski definition) is 9. The Kier molecular flexibility index (Phi) is 9.49. The summed E-state index contributed by atoms with van der Waals surface area (Å²) >= 11 is 0. The van der Waals surface area contributed by atoms with Crippen molar-refractivity contribution in [3.63, 3.8) is 0 Å². The van der Waals surface area contributed by atoms with Gasteiger partial charge in [-0.15, -0.1) is 0 Å². The van der Waals surface area contributed by atoms with Crippen LogP contribution in [0.15, 0.2) is 0 Å². The van der Waals surface area contributed by atoms with Crippen molar-refractivity contribution in [3.8, 4) is 0 Å². The zero-order valence-electron chi connectivity index (χ0n) is 23.0. The molecule has 0 radical (unpaired) electrons. The fourth-order valence-corrected chi connectivity index (χ4v) is 6.09. The average Bonchev–Trinajstić information content (AvgIpc) is 2.88. The van der Waals surface area contributed by atoms with Crippen molar-refractivity contribution < 1.29 is 23.7 Å². The van der Waals surface area contributed by atoms with Crippen LogP contribution in [0, 0.1) is 0 Å². The molecule has 0 amide bonds. The van der Waals surface area contributed by atoms with Gasteiger partial charge in [0.05, 0.1) is 51.8 Å². The molecule has 0 bridgehead atoms. The third-order valence-corrected chi connectivity index (χ3v) is 8.53. The Morgan fingerprint density at radius 2 is 0.971 bits per heavy atom. The van der Waals surface area contributed by atoms with Crippen LogP contribution < -0.4 is 0 Å². The van der Waals surface area contributed by atoms with Gasteiger partial charge in [-0.05, 0) is 41.5 Å². The quantitative estimate of drug-likeness (QED) is 0.493. The highest BCUT2D eigenvalue weighted by molar-refractivity contribution is 4.90. The van der Waals surface area contributed by atoms with Gasteiger partial charge in [-0.3, -0.25) is 19.6 Å². The number of nitrogens with zero attached hydrogens (tertiary/aromatic N) is 4. The van der Waals surface area contributed by atoms with Gasteiger partial charge in [0.2, 0.25) is 0 Å². The molecule has 4 aliphatic heterocycles. The Balaban J connectivity index is 1.34. The van der Waals surface area contributed by atoms with E-state index in [2.05, 4.69) is 61.1 Å². The maximum atomic E-state index is 6.92. The first-order valence-electron chi connectivity index (χ1n) is 13.7. The minimum absolute atomic E-state index is 0.176. The summed E-state index contributed by atoms with van der Waals surface area (Å²) in [7, 11) is 0.